The lowest BCUT2D eigenvalue weighted by Gasteiger charge is -2.08. The average Bonchev–Trinajstić information content (AvgIpc) is 3.26. The first-order valence-corrected chi connectivity index (χ1v) is 7.74. The second-order valence-electron chi connectivity index (χ2n) is 5.90. The van der Waals surface area contributed by atoms with Crippen LogP contribution in [0.5, 0.6) is 0 Å². The summed E-state index contributed by atoms with van der Waals surface area (Å²) in [7, 11) is 0. The highest BCUT2D eigenvalue weighted by Gasteiger charge is 2.28. The molecular weight excluding hydrogens is 296 g/mol. The van der Waals surface area contributed by atoms with Gasteiger partial charge in [0, 0.05) is 5.92 Å². The lowest BCUT2D eigenvalue weighted by Crippen LogP contribution is -2.13. The molecule has 23 heavy (non-hydrogen) atoms. The Bertz CT molecular complexity index is 692. The molecule has 1 aliphatic carbocycles. The lowest BCUT2D eigenvalue weighted by molar-refractivity contribution is -0.151. The van der Waals surface area contributed by atoms with Gasteiger partial charge >= 0.3 is 5.97 Å². The summed E-state index contributed by atoms with van der Waals surface area (Å²) in [6.45, 7) is 4.27. The van der Waals surface area contributed by atoms with Gasteiger partial charge in [0.25, 0.3) is 5.89 Å². The third-order valence-electron chi connectivity index (χ3n) is 3.76. The fourth-order valence-corrected chi connectivity index (χ4v) is 2.26. The minimum Gasteiger partial charge on any atom is -0.459 e. The van der Waals surface area contributed by atoms with Gasteiger partial charge in [0.15, 0.2) is 5.82 Å². The number of nitrogens with zero attached hydrogens (tertiary/aromatic N) is 2. The Kier molecular flexibility index (Phi) is 4.71. The minimum absolute atomic E-state index is 0.123. The maximum Gasteiger partial charge on any atom is 0.332 e. The van der Waals surface area contributed by atoms with Crippen molar-refractivity contribution in [1.29, 1.82) is 0 Å². The van der Waals surface area contributed by atoms with Crippen LogP contribution in [-0.2, 0) is 27.5 Å². The first-order chi connectivity index (χ1) is 11.1. The highest BCUT2D eigenvalue weighted by molar-refractivity contribution is 5.70. The van der Waals surface area contributed by atoms with E-state index < -0.39 is 5.97 Å². The molecule has 0 N–H and O–H groups in total. The van der Waals surface area contributed by atoms with Crippen LogP contribution in [0.1, 0.15) is 47.2 Å². The van der Waals surface area contributed by atoms with E-state index in [4.69, 9.17) is 14.0 Å². The molecule has 0 aliphatic heterocycles. The predicted octanol–water partition coefficient (Wildman–Crippen LogP) is 2.82. The zero-order valence-electron chi connectivity index (χ0n) is 13.4. The second kappa shape index (κ2) is 6.91. The van der Waals surface area contributed by atoms with Gasteiger partial charge in [-0.25, -0.2) is 4.79 Å². The Labute approximate surface area is 134 Å². The smallest absolute Gasteiger partial charge is 0.332 e. The number of aromatic nitrogens is 2. The maximum absolute atomic E-state index is 11.7. The number of carbonyl (C=O) groups excluding carboxylic acids is 1. The maximum atomic E-state index is 11.7. The number of hydrogen-bond donors (Lipinski definition) is 0. The van der Waals surface area contributed by atoms with Gasteiger partial charge in [-0.3, -0.25) is 0 Å². The summed E-state index contributed by atoms with van der Waals surface area (Å²) in [6.07, 6.45) is 2.23. The van der Waals surface area contributed by atoms with Crippen molar-refractivity contribution in [3.8, 4) is 0 Å². The SMILES string of the molecule is Cc1ccc(COC(=O)COCc2nc(C3CC3)no2)c(C)c1. The number of esters is 1. The van der Waals surface area contributed by atoms with Gasteiger partial charge in [-0.15, -0.1) is 0 Å². The van der Waals surface area contributed by atoms with E-state index in [2.05, 4.69) is 16.2 Å². The van der Waals surface area contributed by atoms with Crippen molar-refractivity contribution in [3.05, 3.63) is 46.6 Å². The van der Waals surface area contributed by atoms with Gasteiger partial charge in [-0.1, -0.05) is 28.9 Å². The zero-order valence-corrected chi connectivity index (χ0v) is 13.4. The summed E-state index contributed by atoms with van der Waals surface area (Å²) in [6, 6.07) is 6.03. The van der Waals surface area contributed by atoms with E-state index in [-0.39, 0.29) is 19.8 Å². The number of ether oxygens (including phenoxy) is 2. The normalized spacial score (nSPS) is 14.0. The number of hydrogen-bond acceptors (Lipinski definition) is 6. The average molecular weight is 316 g/mol. The molecule has 1 aliphatic rings. The zero-order chi connectivity index (χ0) is 16.2. The third kappa shape index (κ3) is 4.39. The molecule has 0 bridgehead atoms. The topological polar surface area (TPSA) is 74.5 Å². The highest BCUT2D eigenvalue weighted by Crippen LogP contribution is 2.38. The molecule has 0 atom stereocenters. The molecule has 1 heterocycles. The molecular formula is C17H20N2O4. The molecule has 6 nitrogen and oxygen atoms in total. The number of benzene rings is 1. The molecule has 0 saturated heterocycles. The van der Waals surface area contributed by atoms with Crippen LogP contribution in [0.2, 0.25) is 0 Å². The molecule has 2 aromatic rings. The Morgan fingerprint density at radius 1 is 1.30 bits per heavy atom. The van der Waals surface area contributed by atoms with E-state index in [0.717, 1.165) is 29.8 Å². The van der Waals surface area contributed by atoms with Crippen LogP contribution in [0.4, 0.5) is 0 Å². The summed E-state index contributed by atoms with van der Waals surface area (Å²) in [5.74, 6) is 1.16. The quantitative estimate of drug-likeness (QED) is 0.731. The van der Waals surface area contributed by atoms with Gasteiger partial charge in [-0.05, 0) is 37.8 Å². The van der Waals surface area contributed by atoms with Crippen molar-refractivity contribution >= 4 is 5.97 Å². The van der Waals surface area contributed by atoms with Crippen LogP contribution in [0.25, 0.3) is 0 Å². The number of carbonyl (C=O) groups is 1. The molecule has 0 radical (unpaired) electrons. The molecule has 1 fully saturated rings. The molecule has 1 aromatic heterocycles. The van der Waals surface area contributed by atoms with Gasteiger partial charge in [0.2, 0.25) is 0 Å². The molecule has 0 spiro atoms. The summed E-state index contributed by atoms with van der Waals surface area (Å²) < 4.78 is 15.5. The first-order valence-electron chi connectivity index (χ1n) is 7.74. The largest absolute Gasteiger partial charge is 0.459 e. The Balaban J connectivity index is 1.38. The van der Waals surface area contributed by atoms with Crippen LogP contribution in [0.15, 0.2) is 22.7 Å². The van der Waals surface area contributed by atoms with Crippen LogP contribution in [-0.4, -0.2) is 22.7 Å². The Morgan fingerprint density at radius 2 is 2.13 bits per heavy atom. The van der Waals surface area contributed by atoms with Crippen molar-refractivity contribution in [2.75, 3.05) is 6.61 Å². The van der Waals surface area contributed by atoms with E-state index in [1.54, 1.807) is 0 Å². The molecule has 1 saturated carbocycles. The number of rotatable bonds is 7. The van der Waals surface area contributed by atoms with Crippen LogP contribution >= 0.6 is 0 Å². The summed E-state index contributed by atoms with van der Waals surface area (Å²) in [5.41, 5.74) is 3.29. The van der Waals surface area contributed by atoms with Crippen molar-refractivity contribution in [2.45, 2.75) is 45.8 Å². The van der Waals surface area contributed by atoms with E-state index in [0.29, 0.717) is 11.8 Å². The molecule has 1 aromatic carbocycles. The molecule has 0 amide bonds. The van der Waals surface area contributed by atoms with Crippen molar-refractivity contribution in [3.63, 3.8) is 0 Å². The van der Waals surface area contributed by atoms with E-state index >= 15 is 0 Å². The van der Waals surface area contributed by atoms with Gasteiger partial charge in [-0.2, -0.15) is 4.98 Å². The molecule has 3 rings (SSSR count). The number of aryl methyl sites for hydroxylation is 2. The second-order valence-corrected chi connectivity index (χ2v) is 5.90. The van der Waals surface area contributed by atoms with Crippen LogP contribution in [0, 0.1) is 13.8 Å². The van der Waals surface area contributed by atoms with Crippen molar-refractivity contribution < 1.29 is 18.8 Å². The van der Waals surface area contributed by atoms with Gasteiger partial charge in [0.1, 0.15) is 19.8 Å². The van der Waals surface area contributed by atoms with Crippen molar-refractivity contribution in [1.82, 2.24) is 10.1 Å². The fourth-order valence-electron chi connectivity index (χ4n) is 2.26. The van der Waals surface area contributed by atoms with E-state index in [1.807, 2.05) is 26.0 Å². The minimum atomic E-state index is -0.410. The Morgan fingerprint density at radius 3 is 2.87 bits per heavy atom. The fraction of sp³-hybridized carbons (Fsp3) is 0.471. The molecule has 0 unspecified atom stereocenters. The summed E-state index contributed by atoms with van der Waals surface area (Å²) >= 11 is 0. The monoisotopic (exact) mass is 316 g/mol. The summed E-state index contributed by atoms with van der Waals surface area (Å²) in [4.78, 5) is 15.9. The van der Waals surface area contributed by atoms with Gasteiger partial charge in [0.05, 0.1) is 0 Å². The summed E-state index contributed by atoms with van der Waals surface area (Å²) in [5, 5.41) is 3.89. The van der Waals surface area contributed by atoms with Crippen molar-refractivity contribution in [2.24, 2.45) is 0 Å². The first kappa shape index (κ1) is 15.7. The standard InChI is InChI=1S/C17H20N2O4/c1-11-3-4-14(12(2)7-11)8-22-16(20)10-21-9-15-18-17(19-23-15)13-5-6-13/h3-4,7,13H,5-6,8-10H2,1-2H3. The highest BCUT2D eigenvalue weighted by atomic mass is 16.6. The van der Waals surface area contributed by atoms with E-state index in [9.17, 15) is 4.79 Å². The van der Waals surface area contributed by atoms with E-state index in [1.165, 1.54) is 5.56 Å². The van der Waals surface area contributed by atoms with Crippen LogP contribution in [0.3, 0.4) is 0 Å². The molecule has 122 valence electrons. The predicted molar refractivity (Wildman–Crippen MR) is 81.6 cm³/mol. The van der Waals surface area contributed by atoms with Gasteiger partial charge < -0.3 is 14.0 Å². The third-order valence-corrected chi connectivity index (χ3v) is 3.76. The van der Waals surface area contributed by atoms with Crippen LogP contribution < -0.4 is 0 Å². The lowest BCUT2D eigenvalue weighted by atomic mass is 10.1. The molecule has 6 heteroatoms. The Hall–Kier alpha value is -2.21.